The number of aromatic hydroxyl groups is 1. The maximum absolute atomic E-state index is 9.66. The molecule has 0 saturated heterocycles. The highest BCUT2D eigenvalue weighted by Gasteiger charge is 2.34. The van der Waals surface area contributed by atoms with Gasteiger partial charge in [0, 0.05) is 13.1 Å². The van der Waals surface area contributed by atoms with E-state index in [9.17, 15) is 5.11 Å². The van der Waals surface area contributed by atoms with E-state index in [1.54, 1.807) is 0 Å². The Bertz CT molecular complexity index is 401. The Morgan fingerprint density at radius 1 is 1.28 bits per heavy atom. The summed E-state index contributed by atoms with van der Waals surface area (Å²) in [6.45, 7) is 4.23. The van der Waals surface area contributed by atoms with Crippen LogP contribution in [0.5, 0.6) is 5.75 Å². The summed E-state index contributed by atoms with van der Waals surface area (Å²) in [6, 6.07) is 3.93. The van der Waals surface area contributed by atoms with E-state index in [-0.39, 0.29) is 5.75 Å². The second-order valence-corrected chi connectivity index (χ2v) is 6.93. The van der Waals surface area contributed by atoms with Crippen LogP contribution in [0.2, 0.25) is 0 Å². The maximum Gasteiger partial charge on any atom is 0.143 e. The summed E-state index contributed by atoms with van der Waals surface area (Å²) >= 11 is 6.72. The van der Waals surface area contributed by atoms with Crippen LogP contribution < -0.4 is 5.32 Å². The minimum absolute atomic E-state index is 0.266. The molecule has 0 heterocycles. The molecule has 0 spiro atoms. The summed E-state index contributed by atoms with van der Waals surface area (Å²) in [6.07, 6.45) is 5.37. The van der Waals surface area contributed by atoms with Gasteiger partial charge in [0.15, 0.2) is 0 Å². The first kappa shape index (κ1) is 14.4. The monoisotopic (exact) mass is 375 g/mol. The van der Waals surface area contributed by atoms with Gasteiger partial charge in [-0.3, -0.25) is 0 Å². The third-order valence-electron chi connectivity index (χ3n) is 4.07. The fraction of sp³-hybridized carbons (Fsp3) is 0.571. The molecule has 2 rings (SSSR count). The fourth-order valence-electron chi connectivity index (χ4n) is 2.52. The minimum atomic E-state index is 0.266. The predicted molar refractivity (Wildman–Crippen MR) is 81.8 cm³/mol. The highest BCUT2D eigenvalue weighted by molar-refractivity contribution is 9.11. The molecule has 1 aliphatic rings. The minimum Gasteiger partial charge on any atom is -0.506 e. The largest absolute Gasteiger partial charge is 0.506 e. The Morgan fingerprint density at radius 2 is 1.89 bits per heavy atom. The van der Waals surface area contributed by atoms with Crippen LogP contribution in [-0.4, -0.2) is 11.7 Å². The molecule has 0 amide bonds. The lowest BCUT2D eigenvalue weighted by Crippen LogP contribution is -2.39. The molecule has 2 N–H and O–H groups in total. The molecule has 1 fully saturated rings. The molecule has 4 heteroatoms. The van der Waals surface area contributed by atoms with E-state index in [0.717, 1.165) is 22.0 Å². The zero-order valence-corrected chi connectivity index (χ0v) is 13.8. The molecule has 0 unspecified atom stereocenters. The standard InChI is InChI=1S/C14H19Br2NO/c1-2-14(4-3-5-14)9-17-8-10-6-11(15)13(18)12(16)7-10/h6-7,17-18H,2-5,8-9H2,1H3. The lowest BCUT2D eigenvalue weighted by molar-refractivity contribution is 0.124. The zero-order valence-electron chi connectivity index (χ0n) is 10.6. The topological polar surface area (TPSA) is 32.3 Å². The molecular weight excluding hydrogens is 358 g/mol. The number of nitrogens with one attached hydrogen (secondary N) is 1. The molecule has 2 nitrogen and oxygen atoms in total. The number of benzene rings is 1. The van der Waals surface area contributed by atoms with Gasteiger partial charge >= 0.3 is 0 Å². The maximum atomic E-state index is 9.66. The molecule has 1 saturated carbocycles. The smallest absolute Gasteiger partial charge is 0.143 e. The molecule has 100 valence electrons. The van der Waals surface area contributed by atoms with E-state index in [0.29, 0.717) is 5.41 Å². The fourth-order valence-corrected chi connectivity index (χ4v) is 3.81. The third-order valence-corrected chi connectivity index (χ3v) is 5.28. The van der Waals surface area contributed by atoms with Gasteiger partial charge in [0.25, 0.3) is 0 Å². The van der Waals surface area contributed by atoms with Crippen molar-refractivity contribution in [2.24, 2.45) is 5.41 Å². The summed E-state index contributed by atoms with van der Waals surface area (Å²) < 4.78 is 1.48. The molecule has 0 radical (unpaired) electrons. The number of hydrogen-bond donors (Lipinski definition) is 2. The molecule has 1 aliphatic carbocycles. The second kappa shape index (κ2) is 5.93. The average molecular weight is 377 g/mol. The van der Waals surface area contributed by atoms with Crippen molar-refractivity contribution in [3.8, 4) is 5.75 Å². The van der Waals surface area contributed by atoms with Crippen LogP contribution in [0, 0.1) is 5.41 Å². The quantitative estimate of drug-likeness (QED) is 0.787. The van der Waals surface area contributed by atoms with Gasteiger partial charge in [-0.25, -0.2) is 0 Å². The van der Waals surface area contributed by atoms with E-state index in [1.165, 1.54) is 31.2 Å². The predicted octanol–water partition coefficient (Wildman–Crippen LogP) is 4.59. The van der Waals surface area contributed by atoms with Crippen LogP contribution in [-0.2, 0) is 6.54 Å². The van der Waals surface area contributed by atoms with Gasteiger partial charge in [-0.05, 0) is 74.2 Å². The molecule has 0 aromatic heterocycles. The summed E-state index contributed by atoms with van der Waals surface area (Å²) in [4.78, 5) is 0. The van der Waals surface area contributed by atoms with Crippen LogP contribution in [0.25, 0.3) is 0 Å². The van der Waals surface area contributed by atoms with Crippen molar-refractivity contribution in [2.75, 3.05) is 6.54 Å². The summed E-state index contributed by atoms with van der Waals surface area (Å²) in [5, 5.41) is 13.2. The highest BCUT2D eigenvalue weighted by atomic mass is 79.9. The van der Waals surface area contributed by atoms with Crippen LogP contribution in [0.3, 0.4) is 0 Å². The van der Waals surface area contributed by atoms with Gasteiger partial charge in [0.2, 0.25) is 0 Å². The van der Waals surface area contributed by atoms with Crippen LogP contribution in [0.1, 0.15) is 38.2 Å². The molecule has 0 bridgehead atoms. The van der Waals surface area contributed by atoms with E-state index in [2.05, 4.69) is 44.1 Å². The summed E-state index contributed by atoms with van der Waals surface area (Å²) in [5.74, 6) is 0.266. The van der Waals surface area contributed by atoms with Crippen LogP contribution in [0.15, 0.2) is 21.1 Å². The Labute approximate surface area is 125 Å². The van der Waals surface area contributed by atoms with Crippen molar-refractivity contribution in [3.05, 3.63) is 26.6 Å². The number of rotatable bonds is 5. The Morgan fingerprint density at radius 3 is 2.33 bits per heavy atom. The van der Waals surface area contributed by atoms with Gasteiger partial charge in [-0.1, -0.05) is 13.3 Å². The van der Waals surface area contributed by atoms with Crippen LogP contribution >= 0.6 is 31.9 Å². The highest BCUT2D eigenvalue weighted by Crippen LogP contribution is 2.43. The Hall–Kier alpha value is -0.0600. The molecule has 1 aromatic carbocycles. The first-order valence-corrected chi connectivity index (χ1v) is 8.02. The summed E-state index contributed by atoms with van der Waals surface area (Å²) in [7, 11) is 0. The number of phenols is 1. The Balaban J connectivity index is 1.90. The lowest BCUT2D eigenvalue weighted by atomic mass is 9.67. The SMILES string of the molecule is CCC1(CNCc2cc(Br)c(O)c(Br)c2)CCC1. The van der Waals surface area contributed by atoms with Crippen LogP contribution in [0.4, 0.5) is 0 Å². The Kier molecular flexibility index (Phi) is 4.73. The van der Waals surface area contributed by atoms with E-state index in [4.69, 9.17) is 0 Å². The molecule has 18 heavy (non-hydrogen) atoms. The first-order valence-electron chi connectivity index (χ1n) is 6.44. The van der Waals surface area contributed by atoms with E-state index >= 15 is 0 Å². The molecule has 0 atom stereocenters. The first-order chi connectivity index (χ1) is 8.56. The molecule has 1 aromatic rings. The van der Waals surface area contributed by atoms with Crippen molar-refractivity contribution in [3.63, 3.8) is 0 Å². The third kappa shape index (κ3) is 3.09. The van der Waals surface area contributed by atoms with Crippen molar-refractivity contribution in [1.29, 1.82) is 0 Å². The average Bonchev–Trinajstić information content (AvgIpc) is 2.29. The van der Waals surface area contributed by atoms with Gasteiger partial charge < -0.3 is 10.4 Å². The summed E-state index contributed by atoms with van der Waals surface area (Å²) in [5.41, 5.74) is 1.72. The molecule has 0 aliphatic heterocycles. The van der Waals surface area contributed by atoms with Gasteiger partial charge in [-0.15, -0.1) is 0 Å². The zero-order chi connectivity index (χ0) is 13.2. The van der Waals surface area contributed by atoms with Crippen molar-refractivity contribution in [1.82, 2.24) is 5.32 Å². The van der Waals surface area contributed by atoms with Crippen molar-refractivity contribution < 1.29 is 5.11 Å². The lowest BCUT2D eigenvalue weighted by Gasteiger charge is -2.41. The van der Waals surface area contributed by atoms with E-state index in [1.807, 2.05) is 12.1 Å². The van der Waals surface area contributed by atoms with Gasteiger partial charge in [0.1, 0.15) is 5.75 Å². The molecular formula is C14H19Br2NO. The normalized spacial score (nSPS) is 17.5. The number of hydrogen-bond acceptors (Lipinski definition) is 2. The van der Waals surface area contributed by atoms with Gasteiger partial charge in [-0.2, -0.15) is 0 Å². The number of phenolic OH excluding ortho intramolecular Hbond substituents is 1. The van der Waals surface area contributed by atoms with Gasteiger partial charge in [0.05, 0.1) is 8.95 Å². The van der Waals surface area contributed by atoms with E-state index < -0.39 is 0 Å². The van der Waals surface area contributed by atoms with Crippen molar-refractivity contribution in [2.45, 2.75) is 39.2 Å². The van der Waals surface area contributed by atoms with Crippen molar-refractivity contribution >= 4 is 31.9 Å². The number of halogens is 2. The second-order valence-electron chi connectivity index (χ2n) is 5.22.